The minimum Gasteiger partial charge on any atom is -0.493 e. The zero-order valence-corrected chi connectivity index (χ0v) is 18.3. The number of anilines is 1. The Labute approximate surface area is 191 Å². The van der Waals surface area contributed by atoms with Crippen molar-refractivity contribution < 1.29 is 14.3 Å². The van der Waals surface area contributed by atoms with Gasteiger partial charge in [-0.2, -0.15) is 5.10 Å². The van der Waals surface area contributed by atoms with Crippen LogP contribution in [0.15, 0.2) is 89.7 Å². The van der Waals surface area contributed by atoms with E-state index in [0.29, 0.717) is 22.9 Å². The zero-order valence-electron chi connectivity index (χ0n) is 18.3. The zero-order chi connectivity index (χ0) is 23.2. The molecule has 0 spiro atoms. The van der Waals surface area contributed by atoms with Crippen LogP contribution in [0, 0.1) is 0 Å². The Kier molecular flexibility index (Phi) is 6.50. The van der Waals surface area contributed by atoms with Gasteiger partial charge in [0.2, 0.25) is 5.91 Å². The summed E-state index contributed by atoms with van der Waals surface area (Å²) in [5.74, 6) is 0.785. The summed E-state index contributed by atoms with van der Waals surface area (Å²) in [5.41, 5.74) is 3.44. The molecule has 3 aromatic carbocycles. The van der Waals surface area contributed by atoms with E-state index in [-0.39, 0.29) is 18.0 Å². The summed E-state index contributed by atoms with van der Waals surface area (Å²) >= 11 is 0. The molecule has 4 rings (SSSR count). The lowest BCUT2D eigenvalue weighted by Crippen LogP contribution is -2.29. The van der Waals surface area contributed by atoms with Gasteiger partial charge in [-0.15, -0.1) is 0 Å². The summed E-state index contributed by atoms with van der Waals surface area (Å²) < 4.78 is 11.8. The molecule has 166 valence electrons. The van der Waals surface area contributed by atoms with Gasteiger partial charge < -0.3 is 14.8 Å². The van der Waals surface area contributed by atoms with Gasteiger partial charge in [0.1, 0.15) is 6.54 Å². The molecule has 0 fully saturated rings. The summed E-state index contributed by atoms with van der Waals surface area (Å²) in [6.45, 7) is -0.219. The molecular weight excluding hydrogens is 418 g/mol. The number of ether oxygens (including phenoxy) is 2. The Hall–Kier alpha value is -4.39. The van der Waals surface area contributed by atoms with E-state index in [1.165, 1.54) is 6.07 Å². The van der Waals surface area contributed by atoms with Crippen LogP contribution in [0.25, 0.3) is 22.4 Å². The van der Waals surface area contributed by atoms with E-state index in [1.807, 2.05) is 60.7 Å². The van der Waals surface area contributed by atoms with Crippen molar-refractivity contribution in [2.45, 2.75) is 6.54 Å². The smallest absolute Gasteiger partial charge is 0.267 e. The molecule has 0 bridgehead atoms. The normalized spacial score (nSPS) is 10.5. The minimum absolute atomic E-state index is 0.219. The van der Waals surface area contributed by atoms with Crippen molar-refractivity contribution in [1.29, 1.82) is 0 Å². The lowest BCUT2D eigenvalue weighted by Gasteiger charge is -2.13. The second kappa shape index (κ2) is 9.82. The second-order valence-electron chi connectivity index (χ2n) is 7.24. The van der Waals surface area contributed by atoms with Gasteiger partial charge in [0.25, 0.3) is 5.56 Å². The third-order valence-corrected chi connectivity index (χ3v) is 5.13. The first-order valence-electron chi connectivity index (χ1n) is 10.3. The summed E-state index contributed by atoms with van der Waals surface area (Å²) in [4.78, 5) is 25.2. The second-order valence-corrected chi connectivity index (χ2v) is 7.24. The van der Waals surface area contributed by atoms with Crippen LogP contribution in [-0.2, 0) is 11.3 Å². The van der Waals surface area contributed by atoms with Crippen LogP contribution in [0.5, 0.6) is 11.5 Å². The van der Waals surface area contributed by atoms with Crippen LogP contribution in [0.1, 0.15) is 0 Å². The van der Waals surface area contributed by atoms with Gasteiger partial charge in [-0.3, -0.25) is 9.59 Å². The van der Waals surface area contributed by atoms with Crippen molar-refractivity contribution in [3.8, 4) is 33.9 Å². The fraction of sp³-hybridized carbons (Fsp3) is 0.115. The van der Waals surface area contributed by atoms with Crippen molar-refractivity contribution in [1.82, 2.24) is 9.78 Å². The van der Waals surface area contributed by atoms with Gasteiger partial charge in [-0.25, -0.2) is 4.68 Å². The molecule has 7 nitrogen and oxygen atoms in total. The number of carbonyl (C=O) groups is 1. The monoisotopic (exact) mass is 441 g/mol. The molecule has 1 amide bonds. The van der Waals surface area contributed by atoms with Crippen LogP contribution in [0.4, 0.5) is 5.69 Å². The van der Waals surface area contributed by atoms with E-state index in [1.54, 1.807) is 32.4 Å². The summed E-state index contributed by atoms with van der Waals surface area (Å²) in [6.07, 6.45) is 0. The number of carbonyl (C=O) groups excluding carboxylic acids is 1. The van der Waals surface area contributed by atoms with E-state index in [2.05, 4.69) is 10.4 Å². The SMILES string of the molecule is COc1ccc(-c2ccc(=O)n(CC(=O)Nc3ccccc3-c3ccccc3)n2)cc1OC. The Morgan fingerprint density at radius 3 is 2.33 bits per heavy atom. The van der Waals surface area contributed by atoms with Gasteiger partial charge >= 0.3 is 0 Å². The molecule has 0 radical (unpaired) electrons. The highest BCUT2D eigenvalue weighted by Gasteiger charge is 2.12. The fourth-order valence-electron chi connectivity index (χ4n) is 3.50. The average molecular weight is 441 g/mol. The Balaban J connectivity index is 1.57. The number of nitrogens with one attached hydrogen (secondary N) is 1. The largest absolute Gasteiger partial charge is 0.493 e. The number of methoxy groups -OCH3 is 2. The van der Waals surface area contributed by atoms with E-state index in [9.17, 15) is 9.59 Å². The summed E-state index contributed by atoms with van der Waals surface area (Å²) in [6, 6.07) is 25.7. The number of nitrogens with zero attached hydrogens (tertiary/aromatic N) is 2. The van der Waals surface area contributed by atoms with Gasteiger partial charge in [0, 0.05) is 22.9 Å². The highest BCUT2D eigenvalue weighted by molar-refractivity contribution is 5.95. The van der Waals surface area contributed by atoms with Crippen LogP contribution < -0.4 is 20.3 Å². The number of aromatic nitrogens is 2. The molecule has 1 aromatic heterocycles. The molecule has 0 aliphatic carbocycles. The van der Waals surface area contributed by atoms with Gasteiger partial charge in [-0.1, -0.05) is 48.5 Å². The van der Waals surface area contributed by atoms with Crippen molar-refractivity contribution in [3.05, 3.63) is 95.3 Å². The van der Waals surface area contributed by atoms with Crippen molar-refractivity contribution in [3.63, 3.8) is 0 Å². The van der Waals surface area contributed by atoms with Crippen LogP contribution in [0.2, 0.25) is 0 Å². The topological polar surface area (TPSA) is 82.5 Å². The average Bonchev–Trinajstić information content (AvgIpc) is 2.85. The maximum absolute atomic E-state index is 12.8. The molecule has 0 aliphatic heterocycles. The van der Waals surface area contributed by atoms with E-state index >= 15 is 0 Å². The lowest BCUT2D eigenvalue weighted by molar-refractivity contribution is -0.117. The molecule has 0 atom stereocenters. The van der Waals surface area contributed by atoms with Crippen LogP contribution in [0.3, 0.4) is 0 Å². The first-order valence-corrected chi connectivity index (χ1v) is 10.3. The molecular formula is C26H23N3O4. The highest BCUT2D eigenvalue weighted by Crippen LogP contribution is 2.31. The Bertz CT molecular complexity index is 1330. The van der Waals surface area contributed by atoms with Gasteiger partial charge in [-0.05, 0) is 35.9 Å². The molecule has 1 N–H and O–H groups in total. The third kappa shape index (κ3) is 4.93. The number of benzene rings is 3. The molecule has 0 saturated heterocycles. The maximum atomic E-state index is 12.8. The standard InChI is InChI=1S/C26H23N3O4/c1-32-23-14-12-19(16-24(23)33-2)21-13-15-26(31)29(28-21)17-25(30)27-22-11-7-6-10-20(22)18-8-4-3-5-9-18/h3-16H,17H2,1-2H3,(H,27,30). The molecule has 33 heavy (non-hydrogen) atoms. The summed E-state index contributed by atoms with van der Waals surface area (Å²) in [7, 11) is 3.11. The van der Waals surface area contributed by atoms with Crippen molar-refractivity contribution >= 4 is 11.6 Å². The molecule has 4 aromatic rings. The van der Waals surface area contributed by atoms with Gasteiger partial charge in [0.15, 0.2) is 11.5 Å². The molecule has 0 aliphatic rings. The summed E-state index contributed by atoms with van der Waals surface area (Å²) in [5, 5.41) is 7.28. The van der Waals surface area contributed by atoms with E-state index < -0.39 is 0 Å². The van der Waals surface area contributed by atoms with Crippen molar-refractivity contribution in [2.24, 2.45) is 0 Å². The molecule has 0 saturated carbocycles. The Morgan fingerprint density at radius 1 is 0.848 bits per heavy atom. The number of amides is 1. The number of hydrogen-bond donors (Lipinski definition) is 1. The molecule has 0 unspecified atom stereocenters. The highest BCUT2D eigenvalue weighted by atomic mass is 16.5. The number of rotatable bonds is 7. The maximum Gasteiger partial charge on any atom is 0.267 e. The van der Waals surface area contributed by atoms with E-state index in [0.717, 1.165) is 21.4 Å². The first-order chi connectivity index (χ1) is 16.1. The van der Waals surface area contributed by atoms with Crippen molar-refractivity contribution in [2.75, 3.05) is 19.5 Å². The first kappa shape index (κ1) is 21.8. The van der Waals surface area contributed by atoms with Crippen LogP contribution >= 0.6 is 0 Å². The lowest BCUT2D eigenvalue weighted by atomic mass is 10.0. The minimum atomic E-state index is -0.370. The molecule has 1 heterocycles. The third-order valence-electron chi connectivity index (χ3n) is 5.13. The predicted molar refractivity (Wildman–Crippen MR) is 128 cm³/mol. The van der Waals surface area contributed by atoms with E-state index in [4.69, 9.17) is 9.47 Å². The van der Waals surface area contributed by atoms with Gasteiger partial charge in [0.05, 0.1) is 19.9 Å². The predicted octanol–water partition coefficient (Wildman–Crippen LogP) is 4.23. The Morgan fingerprint density at radius 2 is 1.58 bits per heavy atom. The number of para-hydroxylation sites is 1. The number of hydrogen-bond acceptors (Lipinski definition) is 5. The quantitative estimate of drug-likeness (QED) is 0.464. The molecule has 7 heteroatoms. The van der Waals surface area contributed by atoms with Crippen LogP contribution in [-0.4, -0.2) is 29.9 Å². The fourth-order valence-corrected chi connectivity index (χ4v) is 3.50.